The van der Waals surface area contributed by atoms with Crippen LogP contribution < -0.4 is 0 Å². The van der Waals surface area contributed by atoms with E-state index in [0.29, 0.717) is 22.9 Å². The zero-order valence-corrected chi connectivity index (χ0v) is 16.2. The van der Waals surface area contributed by atoms with Gasteiger partial charge in [0.2, 0.25) is 0 Å². The first kappa shape index (κ1) is 20.2. The molecule has 0 heterocycles. The molecule has 0 aliphatic heterocycles. The van der Waals surface area contributed by atoms with Crippen molar-refractivity contribution in [2.45, 2.75) is 45.4 Å². The van der Waals surface area contributed by atoms with Gasteiger partial charge in [-0.3, -0.25) is 0 Å². The van der Waals surface area contributed by atoms with Gasteiger partial charge < -0.3 is 0 Å². The highest BCUT2D eigenvalue weighted by atomic mass is 19.2. The molecule has 0 unspecified atom stereocenters. The number of hydrogen-bond acceptors (Lipinski definition) is 0. The van der Waals surface area contributed by atoms with Crippen molar-refractivity contribution < 1.29 is 13.2 Å². The first-order valence-corrected chi connectivity index (χ1v) is 9.86. The third kappa shape index (κ3) is 4.14. The van der Waals surface area contributed by atoms with Gasteiger partial charge in [-0.05, 0) is 53.8 Å². The highest BCUT2D eigenvalue weighted by Gasteiger charge is 2.19. The van der Waals surface area contributed by atoms with Gasteiger partial charge in [0.1, 0.15) is 5.82 Å². The lowest BCUT2D eigenvalue weighted by Crippen LogP contribution is -1.98. The van der Waals surface area contributed by atoms with Crippen LogP contribution in [0.2, 0.25) is 0 Å². The number of benzene rings is 3. The van der Waals surface area contributed by atoms with Gasteiger partial charge in [0.05, 0.1) is 5.39 Å². The number of hydrogen-bond donors (Lipinski definition) is 0. The fourth-order valence-electron chi connectivity index (χ4n) is 3.51. The zero-order valence-electron chi connectivity index (χ0n) is 16.2. The van der Waals surface area contributed by atoms with Crippen molar-refractivity contribution in [1.82, 2.24) is 0 Å². The Labute approximate surface area is 164 Å². The molecule has 3 aromatic rings. The number of rotatable bonds is 8. The standard InChI is InChI=1S/C25H25F3/c1-3-5-7-9-19-14-15-20-16-21(24(27)25(28)22(20)23(19)26)18-12-10-17(11-13-18)8-6-4-2/h4,10-16H,2-3,5-9H2,1H3. The van der Waals surface area contributed by atoms with E-state index >= 15 is 0 Å². The van der Waals surface area contributed by atoms with Crippen molar-refractivity contribution in [3.8, 4) is 11.1 Å². The Kier molecular flexibility index (Phi) is 6.56. The molecule has 0 saturated heterocycles. The van der Waals surface area contributed by atoms with E-state index in [0.717, 1.165) is 37.7 Å². The van der Waals surface area contributed by atoms with Crippen LogP contribution in [0.25, 0.3) is 21.9 Å². The van der Waals surface area contributed by atoms with E-state index < -0.39 is 17.5 Å². The summed E-state index contributed by atoms with van der Waals surface area (Å²) in [6.07, 6.45) is 6.92. The number of aryl methyl sites for hydroxylation is 2. The molecule has 0 radical (unpaired) electrons. The molecule has 0 nitrogen and oxygen atoms in total. The van der Waals surface area contributed by atoms with Crippen molar-refractivity contribution in [3.05, 3.63) is 83.7 Å². The van der Waals surface area contributed by atoms with Crippen LogP contribution in [0.4, 0.5) is 13.2 Å². The molecule has 3 aromatic carbocycles. The lowest BCUT2D eigenvalue weighted by molar-refractivity contribution is 0.513. The molecule has 3 rings (SSSR count). The summed E-state index contributed by atoms with van der Waals surface area (Å²) < 4.78 is 44.4. The molecule has 0 amide bonds. The molecule has 0 aliphatic carbocycles. The van der Waals surface area contributed by atoms with Crippen LogP contribution in [0.1, 0.15) is 43.7 Å². The Hall–Kier alpha value is -2.55. The number of halogens is 3. The van der Waals surface area contributed by atoms with Gasteiger partial charge in [-0.25, -0.2) is 13.2 Å². The van der Waals surface area contributed by atoms with Gasteiger partial charge in [-0.2, -0.15) is 0 Å². The van der Waals surface area contributed by atoms with Gasteiger partial charge in [0, 0.05) is 5.56 Å². The minimum Gasteiger partial charge on any atom is -0.206 e. The van der Waals surface area contributed by atoms with Crippen LogP contribution in [0.15, 0.2) is 55.1 Å². The summed E-state index contributed by atoms with van der Waals surface area (Å²) in [4.78, 5) is 0. The second-order valence-electron chi connectivity index (χ2n) is 7.17. The van der Waals surface area contributed by atoms with E-state index in [-0.39, 0.29) is 10.9 Å². The van der Waals surface area contributed by atoms with Gasteiger partial charge in [0.25, 0.3) is 0 Å². The third-order valence-electron chi connectivity index (χ3n) is 5.15. The van der Waals surface area contributed by atoms with E-state index in [2.05, 4.69) is 13.5 Å². The summed E-state index contributed by atoms with van der Waals surface area (Å²) in [7, 11) is 0. The van der Waals surface area contributed by atoms with Crippen LogP contribution in [-0.2, 0) is 12.8 Å². The molecule has 3 heteroatoms. The van der Waals surface area contributed by atoms with E-state index in [4.69, 9.17) is 0 Å². The van der Waals surface area contributed by atoms with Gasteiger partial charge in [-0.1, -0.05) is 62.2 Å². The quantitative estimate of drug-likeness (QED) is 0.276. The molecule has 0 bridgehead atoms. The Balaban J connectivity index is 2.00. The lowest BCUT2D eigenvalue weighted by atomic mass is 9.96. The first-order valence-electron chi connectivity index (χ1n) is 9.86. The smallest absolute Gasteiger partial charge is 0.170 e. The van der Waals surface area contributed by atoms with Crippen molar-refractivity contribution in [2.75, 3.05) is 0 Å². The van der Waals surface area contributed by atoms with E-state index in [1.807, 2.05) is 18.2 Å². The Morgan fingerprint density at radius 2 is 1.61 bits per heavy atom. The summed E-state index contributed by atoms with van der Waals surface area (Å²) in [6, 6.07) is 12.3. The maximum absolute atomic E-state index is 14.8. The van der Waals surface area contributed by atoms with Crippen LogP contribution >= 0.6 is 0 Å². The number of fused-ring (bicyclic) bond motifs is 1. The van der Waals surface area contributed by atoms with Crippen LogP contribution in [0, 0.1) is 17.5 Å². The molecule has 0 spiro atoms. The van der Waals surface area contributed by atoms with Gasteiger partial charge in [-0.15, -0.1) is 6.58 Å². The zero-order chi connectivity index (χ0) is 20.1. The Morgan fingerprint density at radius 3 is 2.29 bits per heavy atom. The van der Waals surface area contributed by atoms with E-state index in [9.17, 15) is 13.2 Å². The highest BCUT2D eigenvalue weighted by Crippen LogP contribution is 2.33. The topological polar surface area (TPSA) is 0 Å². The van der Waals surface area contributed by atoms with Crippen LogP contribution in [0.3, 0.4) is 0 Å². The fraction of sp³-hybridized carbons (Fsp3) is 0.280. The second kappa shape index (κ2) is 9.09. The van der Waals surface area contributed by atoms with E-state index in [1.165, 1.54) is 6.07 Å². The fourth-order valence-corrected chi connectivity index (χ4v) is 3.51. The monoisotopic (exact) mass is 382 g/mol. The molecule has 0 N–H and O–H groups in total. The average molecular weight is 382 g/mol. The van der Waals surface area contributed by atoms with Gasteiger partial charge in [0.15, 0.2) is 11.6 Å². The molecule has 28 heavy (non-hydrogen) atoms. The summed E-state index contributed by atoms with van der Waals surface area (Å²) in [5.41, 5.74) is 2.28. The lowest BCUT2D eigenvalue weighted by Gasteiger charge is -2.12. The van der Waals surface area contributed by atoms with Crippen LogP contribution in [0.5, 0.6) is 0 Å². The average Bonchev–Trinajstić information content (AvgIpc) is 2.71. The van der Waals surface area contributed by atoms with Gasteiger partial charge >= 0.3 is 0 Å². The minimum atomic E-state index is -1.11. The normalized spacial score (nSPS) is 11.1. The molecule has 0 aliphatic rings. The third-order valence-corrected chi connectivity index (χ3v) is 5.15. The number of unbranched alkanes of at least 4 members (excludes halogenated alkanes) is 2. The molecular formula is C25H25F3. The Morgan fingerprint density at radius 1 is 0.857 bits per heavy atom. The first-order chi connectivity index (χ1) is 13.6. The Bertz CT molecular complexity index is 971. The SMILES string of the molecule is C=CCCc1ccc(-c2cc3ccc(CCCCC)c(F)c3c(F)c2F)cc1. The maximum Gasteiger partial charge on any atom is 0.170 e. The molecule has 0 saturated carbocycles. The van der Waals surface area contributed by atoms with Crippen molar-refractivity contribution >= 4 is 10.8 Å². The molecule has 0 aromatic heterocycles. The molecular weight excluding hydrogens is 357 g/mol. The van der Waals surface area contributed by atoms with Crippen LogP contribution in [-0.4, -0.2) is 0 Å². The highest BCUT2D eigenvalue weighted by molar-refractivity contribution is 5.89. The largest absolute Gasteiger partial charge is 0.206 e. The summed E-state index contributed by atoms with van der Waals surface area (Å²) in [6.45, 7) is 5.77. The number of allylic oxidation sites excluding steroid dienone is 1. The van der Waals surface area contributed by atoms with Crippen molar-refractivity contribution in [1.29, 1.82) is 0 Å². The van der Waals surface area contributed by atoms with Crippen molar-refractivity contribution in [2.24, 2.45) is 0 Å². The second-order valence-corrected chi connectivity index (χ2v) is 7.17. The minimum absolute atomic E-state index is 0.151. The van der Waals surface area contributed by atoms with Crippen molar-refractivity contribution in [3.63, 3.8) is 0 Å². The van der Waals surface area contributed by atoms with E-state index in [1.54, 1.807) is 24.3 Å². The molecule has 0 fully saturated rings. The molecule has 146 valence electrons. The predicted molar refractivity (Wildman–Crippen MR) is 111 cm³/mol. The maximum atomic E-state index is 14.8. The summed E-state index contributed by atoms with van der Waals surface area (Å²) in [5, 5.41) is 0.124. The predicted octanol–water partition coefficient (Wildman–Crippen LogP) is 7.78. The molecule has 0 atom stereocenters. The summed E-state index contributed by atoms with van der Waals surface area (Å²) in [5.74, 6) is -2.76. The summed E-state index contributed by atoms with van der Waals surface area (Å²) >= 11 is 0.